The minimum Gasteiger partial charge on any atom is -0.492 e. The molecule has 104 valence electrons. The van der Waals surface area contributed by atoms with E-state index in [2.05, 4.69) is 4.98 Å². The maximum Gasteiger partial charge on any atom is 0.176 e. The number of hydrogen-bond donors (Lipinski definition) is 1. The fourth-order valence-electron chi connectivity index (χ4n) is 1.71. The molecule has 2 aromatic rings. The van der Waals surface area contributed by atoms with Crippen LogP contribution in [-0.4, -0.2) is 18.4 Å². The van der Waals surface area contributed by atoms with Crippen molar-refractivity contribution in [1.29, 1.82) is 0 Å². The predicted octanol–water partition coefficient (Wildman–Crippen LogP) is 3.08. The Morgan fingerprint density at radius 3 is 2.65 bits per heavy atom. The number of carbonyl (C=O) groups excluding carboxylic acids is 1. The van der Waals surface area contributed by atoms with Crippen molar-refractivity contribution in [3.63, 3.8) is 0 Å². The van der Waals surface area contributed by atoms with Crippen molar-refractivity contribution in [3.8, 4) is 17.0 Å². The molecule has 4 nitrogen and oxygen atoms in total. The molecular formula is C13H9ClF2N2O2. The van der Waals surface area contributed by atoms with E-state index in [1.165, 1.54) is 19.2 Å². The molecule has 0 atom stereocenters. The van der Waals surface area contributed by atoms with Crippen LogP contribution < -0.4 is 10.5 Å². The van der Waals surface area contributed by atoms with Crippen molar-refractivity contribution in [3.05, 3.63) is 40.6 Å². The zero-order valence-corrected chi connectivity index (χ0v) is 11.0. The number of halogens is 3. The topological polar surface area (TPSA) is 65.2 Å². The number of methoxy groups -OCH3 is 1. The molecule has 0 bridgehead atoms. The van der Waals surface area contributed by atoms with Gasteiger partial charge < -0.3 is 10.5 Å². The SMILES string of the molecule is COc1c(Cl)ccc(-c2nc(C=O)cc(N)c2F)c1F. The Bertz CT molecular complexity index is 693. The van der Waals surface area contributed by atoms with Gasteiger partial charge in [0.25, 0.3) is 0 Å². The number of hydrogen-bond acceptors (Lipinski definition) is 4. The Labute approximate surface area is 118 Å². The molecule has 0 amide bonds. The molecule has 1 heterocycles. The summed E-state index contributed by atoms with van der Waals surface area (Å²) in [5, 5.41) is 0.0358. The molecule has 0 radical (unpaired) electrons. The number of nitrogens with two attached hydrogens (primary N) is 1. The second-order valence-electron chi connectivity index (χ2n) is 3.86. The number of rotatable bonds is 3. The first-order valence-corrected chi connectivity index (χ1v) is 5.81. The van der Waals surface area contributed by atoms with Crippen molar-refractivity contribution < 1.29 is 18.3 Å². The fourth-order valence-corrected chi connectivity index (χ4v) is 1.93. The number of benzene rings is 1. The third-order valence-electron chi connectivity index (χ3n) is 2.63. The lowest BCUT2D eigenvalue weighted by molar-refractivity contribution is 0.111. The van der Waals surface area contributed by atoms with Gasteiger partial charge in [0, 0.05) is 5.56 Å². The molecule has 1 aromatic carbocycles. The molecule has 1 aromatic heterocycles. The lowest BCUT2D eigenvalue weighted by atomic mass is 10.1. The molecule has 0 saturated carbocycles. The summed E-state index contributed by atoms with van der Waals surface area (Å²) in [7, 11) is 1.23. The summed E-state index contributed by atoms with van der Waals surface area (Å²) in [6.07, 6.45) is 0.393. The minimum atomic E-state index is -0.918. The third-order valence-corrected chi connectivity index (χ3v) is 2.93. The van der Waals surface area contributed by atoms with Gasteiger partial charge in [-0.3, -0.25) is 4.79 Å². The highest BCUT2D eigenvalue weighted by molar-refractivity contribution is 6.32. The summed E-state index contributed by atoms with van der Waals surface area (Å²) in [5.41, 5.74) is 4.46. The number of pyridine rings is 1. The largest absolute Gasteiger partial charge is 0.492 e. The number of carbonyl (C=O) groups is 1. The monoisotopic (exact) mass is 298 g/mol. The molecule has 0 fully saturated rings. The van der Waals surface area contributed by atoms with Gasteiger partial charge in [-0.1, -0.05) is 11.6 Å². The van der Waals surface area contributed by atoms with Gasteiger partial charge in [-0.25, -0.2) is 13.8 Å². The van der Waals surface area contributed by atoms with Gasteiger partial charge in [-0.05, 0) is 18.2 Å². The molecule has 7 heteroatoms. The second-order valence-corrected chi connectivity index (χ2v) is 4.27. The molecule has 0 unspecified atom stereocenters. The summed E-state index contributed by atoms with van der Waals surface area (Å²) in [6.45, 7) is 0. The van der Waals surface area contributed by atoms with Gasteiger partial charge >= 0.3 is 0 Å². The minimum absolute atomic E-state index is 0.0358. The van der Waals surface area contributed by atoms with E-state index < -0.39 is 11.6 Å². The molecule has 0 aliphatic carbocycles. The Kier molecular flexibility index (Phi) is 3.85. The van der Waals surface area contributed by atoms with Gasteiger partial charge in [0.05, 0.1) is 17.8 Å². The number of nitrogen functional groups attached to an aromatic ring is 1. The maximum atomic E-state index is 14.2. The first-order valence-electron chi connectivity index (χ1n) is 5.43. The number of nitrogens with zero attached hydrogens (tertiary/aromatic N) is 1. The van der Waals surface area contributed by atoms with Crippen molar-refractivity contribution in [1.82, 2.24) is 4.98 Å². The van der Waals surface area contributed by atoms with Crippen LogP contribution in [0, 0.1) is 11.6 Å². The van der Waals surface area contributed by atoms with E-state index in [0.717, 1.165) is 6.07 Å². The Hall–Kier alpha value is -2.21. The average molecular weight is 299 g/mol. The van der Waals surface area contributed by atoms with Gasteiger partial charge in [0.1, 0.15) is 11.4 Å². The standard InChI is InChI=1S/C13H9ClF2N2O2/c1-20-13-8(14)3-2-7(10(13)15)12-11(16)9(17)4-6(5-19)18-12/h2-5H,1H3,(H2,17,18). The second kappa shape index (κ2) is 5.42. The van der Waals surface area contributed by atoms with E-state index in [0.29, 0.717) is 6.29 Å². The smallest absolute Gasteiger partial charge is 0.176 e. The fraction of sp³-hybridized carbons (Fsp3) is 0.0769. The van der Waals surface area contributed by atoms with Gasteiger partial charge in [0.2, 0.25) is 0 Å². The summed E-state index contributed by atoms with van der Waals surface area (Å²) in [4.78, 5) is 14.5. The quantitative estimate of drug-likeness (QED) is 0.884. The van der Waals surface area contributed by atoms with Crippen LogP contribution in [0.1, 0.15) is 10.5 Å². The molecule has 2 N–H and O–H groups in total. The van der Waals surface area contributed by atoms with E-state index >= 15 is 0 Å². The van der Waals surface area contributed by atoms with Crippen molar-refractivity contribution in [2.24, 2.45) is 0 Å². The maximum absolute atomic E-state index is 14.2. The van der Waals surface area contributed by atoms with Crippen LogP contribution in [-0.2, 0) is 0 Å². The van der Waals surface area contributed by atoms with Crippen molar-refractivity contribution >= 4 is 23.6 Å². The predicted molar refractivity (Wildman–Crippen MR) is 71.0 cm³/mol. The lowest BCUT2D eigenvalue weighted by Crippen LogP contribution is -2.02. The number of anilines is 1. The van der Waals surface area contributed by atoms with Gasteiger partial charge in [-0.2, -0.15) is 0 Å². The highest BCUT2D eigenvalue weighted by atomic mass is 35.5. The summed E-state index contributed by atoms with van der Waals surface area (Å²) >= 11 is 5.76. The molecule has 0 spiro atoms. The highest BCUT2D eigenvalue weighted by Gasteiger charge is 2.20. The molecular weight excluding hydrogens is 290 g/mol. The number of aromatic nitrogens is 1. The van der Waals surface area contributed by atoms with Crippen LogP contribution in [0.5, 0.6) is 5.75 Å². The molecule has 0 aliphatic rings. The Morgan fingerprint density at radius 2 is 2.05 bits per heavy atom. The molecule has 0 aliphatic heterocycles. The average Bonchev–Trinajstić information content (AvgIpc) is 2.43. The van der Waals surface area contributed by atoms with E-state index in [9.17, 15) is 13.6 Å². The Morgan fingerprint density at radius 1 is 1.35 bits per heavy atom. The first-order chi connectivity index (χ1) is 9.49. The molecule has 20 heavy (non-hydrogen) atoms. The zero-order valence-electron chi connectivity index (χ0n) is 10.3. The van der Waals surface area contributed by atoms with E-state index in [1.54, 1.807) is 0 Å². The van der Waals surface area contributed by atoms with Crippen LogP contribution in [0.25, 0.3) is 11.3 Å². The van der Waals surface area contributed by atoms with Gasteiger partial charge in [0.15, 0.2) is 23.7 Å². The zero-order chi connectivity index (χ0) is 14.9. The van der Waals surface area contributed by atoms with Crippen LogP contribution in [0.15, 0.2) is 18.2 Å². The van der Waals surface area contributed by atoms with Crippen LogP contribution in [0.2, 0.25) is 5.02 Å². The highest BCUT2D eigenvalue weighted by Crippen LogP contribution is 2.35. The summed E-state index contributed by atoms with van der Waals surface area (Å²) in [5.74, 6) is -2.03. The molecule has 0 saturated heterocycles. The number of ether oxygens (including phenoxy) is 1. The van der Waals surface area contributed by atoms with Crippen LogP contribution >= 0.6 is 11.6 Å². The van der Waals surface area contributed by atoms with E-state index in [4.69, 9.17) is 22.1 Å². The van der Waals surface area contributed by atoms with Crippen LogP contribution in [0.3, 0.4) is 0 Å². The summed E-state index contributed by atoms with van der Waals surface area (Å²) in [6, 6.07) is 3.64. The third kappa shape index (κ3) is 2.30. The van der Waals surface area contributed by atoms with E-state index in [1.807, 2.05) is 0 Å². The van der Waals surface area contributed by atoms with Gasteiger partial charge in [-0.15, -0.1) is 0 Å². The normalized spacial score (nSPS) is 10.4. The van der Waals surface area contributed by atoms with Crippen molar-refractivity contribution in [2.75, 3.05) is 12.8 Å². The molecule has 2 rings (SSSR count). The number of aldehydes is 1. The van der Waals surface area contributed by atoms with Crippen LogP contribution in [0.4, 0.5) is 14.5 Å². The van der Waals surface area contributed by atoms with Crippen molar-refractivity contribution in [2.45, 2.75) is 0 Å². The van der Waals surface area contributed by atoms with E-state index in [-0.39, 0.29) is 33.4 Å². The Balaban J connectivity index is 2.75. The summed E-state index contributed by atoms with van der Waals surface area (Å²) < 4.78 is 33.0. The first kappa shape index (κ1) is 14.2. The lowest BCUT2D eigenvalue weighted by Gasteiger charge is -2.11.